The van der Waals surface area contributed by atoms with Crippen LogP contribution in [0.4, 0.5) is 0 Å². The first-order valence-electron chi connectivity index (χ1n) is 6.36. The number of hydrogen-bond donors (Lipinski definition) is 1. The Balaban J connectivity index is 1.92. The summed E-state index contributed by atoms with van der Waals surface area (Å²) >= 11 is 0. The number of benzene rings is 1. The van der Waals surface area contributed by atoms with E-state index in [1.807, 2.05) is 42.2 Å². The van der Waals surface area contributed by atoms with Crippen molar-refractivity contribution >= 4 is 5.91 Å². The van der Waals surface area contributed by atoms with Crippen LogP contribution in [-0.4, -0.2) is 42.6 Å². The van der Waals surface area contributed by atoms with Gasteiger partial charge in [-0.3, -0.25) is 4.79 Å². The lowest BCUT2D eigenvalue weighted by Crippen LogP contribution is -2.51. The minimum absolute atomic E-state index is 0.0222. The molecule has 0 radical (unpaired) electrons. The highest BCUT2D eigenvalue weighted by Gasteiger charge is 2.25. The lowest BCUT2D eigenvalue weighted by atomic mass is 10.1. The molecule has 0 aromatic heterocycles. The van der Waals surface area contributed by atoms with E-state index >= 15 is 0 Å². The number of carbonyl (C=O) groups excluding carboxylic acids is 1. The zero-order valence-corrected chi connectivity index (χ0v) is 10.7. The van der Waals surface area contributed by atoms with E-state index in [9.17, 15) is 4.79 Å². The maximum absolute atomic E-state index is 12.2. The zero-order chi connectivity index (χ0) is 13.0. The predicted molar refractivity (Wildman–Crippen MR) is 70.1 cm³/mol. The molecular weight excluding hydrogens is 228 g/mol. The molecule has 4 nitrogen and oxygen atoms in total. The number of rotatable bonds is 3. The van der Waals surface area contributed by atoms with Crippen LogP contribution < -0.4 is 5.73 Å². The second kappa shape index (κ2) is 5.98. The van der Waals surface area contributed by atoms with Crippen LogP contribution in [0.1, 0.15) is 12.5 Å². The van der Waals surface area contributed by atoms with Gasteiger partial charge in [0.25, 0.3) is 0 Å². The summed E-state index contributed by atoms with van der Waals surface area (Å²) in [6, 6.07) is 9.41. The van der Waals surface area contributed by atoms with E-state index in [1.54, 1.807) is 0 Å². The molecule has 2 atom stereocenters. The summed E-state index contributed by atoms with van der Waals surface area (Å²) in [4.78, 5) is 14.0. The zero-order valence-electron chi connectivity index (χ0n) is 10.7. The van der Waals surface area contributed by atoms with Crippen molar-refractivity contribution < 1.29 is 9.53 Å². The first kappa shape index (κ1) is 13.1. The van der Waals surface area contributed by atoms with Gasteiger partial charge in [-0.25, -0.2) is 0 Å². The van der Waals surface area contributed by atoms with Crippen LogP contribution in [-0.2, 0) is 16.0 Å². The van der Waals surface area contributed by atoms with Crippen LogP contribution >= 0.6 is 0 Å². The summed E-state index contributed by atoms with van der Waals surface area (Å²) in [6.45, 7) is 3.86. The summed E-state index contributed by atoms with van der Waals surface area (Å²) < 4.78 is 5.42. The highest BCUT2D eigenvalue weighted by molar-refractivity contribution is 5.82. The van der Waals surface area contributed by atoms with Crippen LogP contribution in [0.3, 0.4) is 0 Å². The smallest absolute Gasteiger partial charge is 0.239 e. The van der Waals surface area contributed by atoms with E-state index in [-0.39, 0.29) is 12.0 Å². The maximum Gasteiger partial charge on any atom is 0.239 e. The maximum atomic E-state index is 12.2. The predicted octanol–water partition coefficient (Wildman–Crippen LogP) is 0.804. The van der Waals surface area contributed by atoms with Gasteiger partial charge in [-0.05, 0) is 18.9 Å². The molecule has 4 heteroatoms. The largest absolute Gasteiger partial charge is 0.375 e. The standard InChI is InChI=1S/C14H20N2O2/c1-11-10-16(7-8-18-11)14(17)13(15)9-12-5-3-2-4-6-12/h2-6,11,13H,7-10,15H2,1H3. The lowest BCUT2D eigenvalue weighted by molar-refractivity contribution is -0.139. The Morgan fingerprint density at radius 2 is 2.22 bits per heavy atom. The molecule has 18 heavy (non-hydrogen) atoms. The topological polar surface area (TPSA) is 55.6 Å². The van der Waals surface area contributed by atoms with E-state index in [4.69, 9.17) is 10.5 Å². The van der Waals surface area contributed by atoms with Crippen molar-refractivity contribution in [2.45, 2.75) is 25.5 Å². The number of ether oxygens (including phenoxy) is 1. The Morgan fingerprint density at radius 3 is 2.89 bits per heavy atom. The van der Waals surface area contributed by atoms with Crippen LogP contribution in [0, 0.1) is 0 Å². The van der Waals surface area contributed by atoms with Crippen molar-refractivity contribution in [2.75, 3.05) is 19.7 Å². The summed E-state index contributed by atoms with van der Waals surface area (Å²) in [5.41, 5.74) is 7.09. The average molecular weight is 248 g/mol. The molecule has 0 aliphatic carbocycles. The van der Waals surface area contributed by atoms with Crippen molar-refractivity contribution in [3.63, 3.8) is 0 Å². The molecule has 1 aromatic rings. The molecule has 1 heterocycles. The van der Waals surface area contributed by atoms with Crippen molar-refractivity contribution in [2.24, 2.45) is 5.73 Å². The number of hydrogen-bond acceptors (Lipinski definition) is 3. The van der Waals surface area contributed by atoms with Gasteiger partial charge >= 0.3 is 0 Å². The van der Waals surface area contributed by atoms with Crippen molar-refractivity contribution in [1.29, 1.82) is 0 Å². The van der Waals surface area contributed by atoms with Gasteiger partial charge in [-0.1, -0.05) is 30.3 Å². The normalized spacial score (nSPS) is 21.7. The van der Waals surface area contributed by atoms with Gasteiger partial charge in [0.2, 0.25) is 5.91 Å². The Hall–Kier alpha value is -1.39. The molecule has 1 saturated heterocycles. The summed E-state index contributed by atoms with van der Waals surface area (Å²) in [6.07, 6.45) is 0.692. The Kier molecular flexibility index (Phi) is 4.33. The van der Waals surface area contributed by atoms with Crippen molar-refractivity contribution in [3.8, 4) is 0 Å². The van der Waals surface area contributed by atoms with Gasteiger partial charge in [0.05, 0.1) is 18.8 Å². The molecule has 2 N–H and O–H groups in total. The van der Waals surface area contributed by atoms with E-state index in [2.05, 4.69) is 0 Å². The minimum atomic E-state index is -0.460. The number of carbonyl (C=O) groups is 1. The van der Waals surface area contributed by atoms with E-state index < -0.39 is 6.04 Å². The van der Waals surface area contributed by atoms with Crippen LogP contribution in [0.2, 0.25) is 0 Å². The second-order valence-electron chi connectivity index (χ2n) is 4.76. The monoisotopic (exact) mass is 248 g/mol. The Bertz CT molecular complexity index is 394. The first-order valence-corrected chi connectivity index (χ1v) is 6.36. The quantitative estimate of drug-likeness (QED) is 0.861. The second-order valence-corrected chi connectivity index (χ2v) is 4.76. The van der Waals surface area contributed by atoms with E-state index in [1.165, 1.54) is 0 Å². The number of morpholine rings is 1. The fraction of sp³-hybridized carbons (Fsp3) is 0.500. The summed E-state index contributed by atoms with van der Waals surface area (Å²) in [5, 5.41) is 0. The van der Waals surface area contributed by atoms with Gasteiger partial charge < -0.3 is 15.4 Å². The summed E-state index contributed by atoms with van der Waals surface area (Å²) in [5.74, 6) is 0.0222. The average Bonchev–Trinajstić information content (AvgIpc) is 2.39. The molecule has 98 valence electrons. The molecule has 0 bridgehead atoms. The first-order chi connectivity index (χ1) is 8.66. The fourth-order valence-electron chi connectivity index (χ4n) is 2.21. The SMILES string of the molecule is CC1CN(C(=O)C(N)Cc2ccccc2)CCO1. The summed E-state index contributed by atoms with van der Waals surface area (Å²) in [7, 11) is 0. The van der Waals surface area contributed by atoms with Gasteiger partial charge in [0, 0.05) is 13.1 Å². The van der Waals surface area contributed by atoms with E-state index in [0.29, 0.717) is 26.1 Å². The Labute approximate surface area is 108 Å². The van der Waals surface area contributed by atoms with Gasteiger partial charge in [0.1, 0.15) is 0 Å². The molecule has 0 saturated carbocycles. The van der Waals surface area contributed by atoms with Gasteiger partial charge in [0.15, 0.2) is 0 Å². The minimum Gasteiger partial charge on any atom is -0.375 e. The third-order valence-electron chi connectivity index (χ3n) is 3.17. The fourth-order valence-corrected chi connectivity index (χ4v) is 2.21. The highest BCUT2D eigenvalue weighted by Crippen LogP contribution is 2.08. The molecule has 2 rings (SSSR count). The van der Waals surface area contributed by atoms with Crippen LogP contribution in [0.25, 0.3) is 0 Å². The molecule has 1 aromatic carbocycles. The van der Waals surface area contributed by atoms with Crippen LogP contribution in [0.15, 0.2) is 30.3 Å². The third-order valence-corrected chi connectivity index (χ3v) is 3.17. The molecule has 1 amide bonds. The van der Waals surface area contributed by atoms with Crippen LogP contribution in [0.5, 0.6) is 0 Å². The molecule has 1 aliphatic rings. The third kappa shape index (κ3) is 3.31. The van der Waals surface area contributed by atoms with Crippen molar-refractivity contribution in [3.05, 3.63) is 35.9 Å². The molecule has 1 aliphatic heterocycles. The van der Waals surface area contributed by atoms with Gasteiger partial charge in [-0.15, -0.1) is 0 Å². The molecule has 0 spiro atoms. The lowest BCUT2D eigenvalue weighted by Gasteiger charge is -2.32. The van der Waals surface area contributed by atoms with Gasteiger partial charge in [-0.2, -0.15) is 0 Å². The number of nitrogens with zero attached hydrogens (tertiary/aromatic N) is 1. The highest BCUT2D eigenvalue weighted by atomic mass is 16.5. The van der Waals surface area contributed by atoms with Crippen molar-refractivity contribution in [1.82, 2.24) is 4.90 Å². The molecule has 2 unspecified atom stereocenters. The number of nitrogens with two attached hydrogens (primary N) is 1. The molecular formula is C14H20N2O2. The Morgan fingerprint density at radius 1 is 1.50 bits per heavy atom. The molecule has 1 fully saturated rings. The number of amides is 1. The van der Waals surface area contributed by atoms with E-state index in [0.717, 1.165) is 5.56 Å².